The van der Waals surface area contributed by atoms with E-state index in [0.29, 0.717) is 12.2 Å². The average molecular weight is 218 g/mol. The summed E-state index contributed by atoms with van der Waals surface area (Å²) in [7, 11) is 0. The summed E-state index contributed by atoms with van der Waals surface area (Å²) in [5, 5.41) is 0. The summed E-state index contributed by atoms with van der Waals surface area (Å²) in [6.45, 7) is 0.789. The predicted molar refractivity (Wildman–Crippen MR) is 63.7 cm³/mol. The Bertz CT molecular complexity index is 358. The number of carbonyl (C=O) groups is 1. The summed E-state index contributed by atoms with van der Waals surface area (Å²) < 4.78 is 5.64. The highest BCUT2D eigenvalue weighted by atomic mass is 16.5. The van der Waals surface area contributed by atoms with E-state index in [0.717, 1.165) is 50.0 Å². The third-order valence-electron chi connectivity index (χ3n) is 2.92. The van der Waals surface area contributed by atoms with Crippen LogP contribution in [0.1, 0.15) is 37.7 Å². The quantitative estimate of drug-likeness (QED) is 0.668. The molecule has 86 valence electrons. The van der Waals surface area contributed by atoms with E-state index < -0.39 is 0 Å². The molecule has 0 unspecified atom stereocenters. The van der Waals surface area contributed by atoms with Crippen LogP contribution in [0, 0.1) is 0 Å². The molecule has 1 aliphatic heterocycles. The monoisotopic (exact) mass is 218 g/mol. The third-order valence-corrected chi connectivity index (χ3v) is 2.92. The molecule has 2 heteroatoms. The largest absolute Gasteiger partial charge is 0.494 e. The summed E-state index contributed by atoms with van der Waals surface area (Å²) >= 11 is 0. The predicted octanol–water partition coefficient (Wildman–Crippen LogP) is 3.14. The van der Waals surface area contributed by atoms with Crippen LogP contribution in [0.2, 0.25) is 0 Å². The molecule has 0 aromatic heterocycles. The lowest BCUT2D eigenvalue weighted by Crippen LogP contribution is -2.05. The van der Waals surface area contributed by atoms with Crippen molar-refractivity contribution in [1.82, 2.24) is 0 Å². The van der Waals surface area contributed by atoms with Gasteiger partial charge >= 0.3 is 0 Å². The Hall–Kier alpha value is -1.31. The molecule has 2 nitrogen and oxygen atoms in total. The standard InChI is InChI=1S/C14H18O2/c15-13-7-3-1-2-4-9-16-14-8-5-6-12(10-13)11-14/h5-6,8,11H,1-4,7,9-10H2. The van der Waals surface area contributed by atoms with Gasteiger partial charge < -0.3 is 4.74 Å². The van der Waals surface area contributed by atoms with Crippen LogP contribution in [-0.4, -0.2) is 12.4 Å². The highest BCUT2D eigenvalue weighted by Crippen LogP contribution is 2.16. The van der Waals surface area contributed by atoms with Crippen LogP contribution in [0.5, 0.6) is 5.75 Å². The van der Waals surface area contributed by atoms with Gasteiger partial charge in [0.2, 0.25) is 0 Å². The number of fused-ring (bicyclic) bond motifs is 2. The lowest BCUT2D eigenvalue weighted by atomic mass is 10.0. The van der Waals surface area contributed by atoms with E-state index in [1.807, 2.05) is 24.3 Å². The molecular weight excluding hydrogens is 200 g/mol. The first kappa shape index (κ1) is 11.2. The van der Waals surface area contributed by atoms with Crippen LogP contribution in [0.3, 0.4) is 0 Å². The first-order valence-electron chi connectivity index (χ1n) is 6.08. The van der Waals surface area contributed by atoms with E-state index in [1.165, 1.54) is 0 Å². The van der Waals surface area contributed by atoms with Crippen molar-refractivity contribution in [3.63, 3.8) is 0 Å². The normalized spacial score (nSPS) is 18.1. The second kappa shape index (κ2) is 5.69. The molecule has 0 amide bonds. The maximum Gasteiger partial charge on any atom is 0.137 e. The van der Waals surface area contributed by atoms with Crippen molar-refractivity contribution in [2.45, 2.75) is 38.5 Å². The van der Waals surface area contributed by atoms with E-state index in [2.05, 4.69) is 0 Å². The maximum absolute atomic E-state index is 11.7. The molecule has 2 bridgehead atoms. The van der Waals surface area contributed by atoms with Gasteiger partial charge in [-0.15, -0.1) is 0 Å². The minimum atomic E-state index is 0.345. The smallest absolute Gasteiger partial charge is 0.137 e. The Labute approximate surface area is 96.6 Å². The number of ketones is 1. The van der Waals surface area contributed by atoms with Crippen molar-refractivity contribution in [1.29, 1.82) is 0 Å². The molecule has 2 rings (SSSR count). The van der Waals surface area contributed by atoms with Gasteiger partial charge in [-0.2, -0.15) is 0 Å². The van der Waals surface area contributed by atoms with Gasteiger partial charge in [0, 0.05) is 12.8 Å². The van der Waals surface area contributed by atoms with Crippen LogP contribution in [-0.2, 0) is 11.2 Å². The molecule has 1 aliphatic rings. The molecular formula is C14H18O2. The van der Waals surface area contributed by atoms with Gasteiger partial charge in [-0.3, -0.25) is 4.79 Å². The second-order valence-electron chi connectivity index (χ2n) is 4.38. The zero-order chi connectivity index (χ0) is 11.2. The fourth-order valence-electron chi connectivity index (χ4n) is 2.03. The molecule has 1 aromatic rings. The van der Waals surface area contributed by atoms with Crippen molar-refractivity contribution in [3.8, 4) is 5.75 Å². The molecule has 0 saturated carbocycles. The van der Waals surface area contributed by atoms with Gasteiger partial charge in [-0.05, 0) is 30.5 Å². The number of hydrogen-bond acceptors (Lipinski definition) is 2. The van der Waals surface area contributed by atoms with E-state index in [-0.39, 0.29) is 0 Å². The minimum absolute atomic E-state index is 0.345. The average Bonchev–Trinajstić information content (AvgIpc) is 2.27. The first-order chi connectivity index (χ1) is 7.84. The molecule has 0 saturated heterocycles. The van der Waals surface area contributed by atoms with E-state index in [9.17, 15) is 4.79 Å². The number of benzene rings is 1. The van der Waals surface area contributed by atoms with Gasteiger partial charge in [0.15, 0.2) is 0 Å². The van der Waals surface area contributed by atoms with Crippen LogP contribution in [0.4, 0.5) is 0 Å². The van der Waals surface area contributed by atoms with Crippen LogP contribution < -0.4 is 4.74 Å². The zero-order valence-corrected chi connectivity index (χ0v) is 9.58. The Balaban J connectivity index is 2.09. The molecule has 0 atom stereocenters. The molecule has 0 N–H and O–H groups in total. The minimum Gasteiger partial charge on any atom is -0.494 e. The van der Waals surface area contributed by atoms with Crippen molar-refractivity contribution >= 4 is 5.78 Å². The Morgan fingerprint density at radius 2 is 1.94 bits per heavy atom. The fraction of sp³-hybridized carbons (Fsp3) is 0.500. The van der Waals surface area contributed by atoms with Crippen LogP contribution in [0.15, 0.2) is 24.3 Å². The van der Waals surface area contributed by atoms with Gasteiger partial charge in [-0.25, -0.2) is 0 Å². The van der Waals surface area contributed by atoms with E-state index >= 15 is 0 Å². The van der Waals surface area contributed by atoms with Crippen LogP contribution in [0.25, 0.3) is 0 Å². The highest BCUT2D eigenvalue weighted by Gasteiger charge is 2.06. The molecule has 1 heterocycles. The van der Waals surface area contributed by atoms with Crippen molar-refractivity contribution in [3.05, 3.63) is 29.8 Å². The molecule has 0 radical (unpaired) electrons. The number of hydrogen-bond donors (Lipinski definition) is 0. The topological polar surface area (TPSA) is 26.3 Å². The molecule has 0 aliphatic carbocycles. The fourth-order valence-corrected chi connectivity index (χ4v) is 2.03. The highest BCUT2D eigenvalue weighted by molar-refractivity contribution is 5.80. The number of ether oxygens (including phenoxy) is 1. The molecule has 1 aromatic carbocycles. The second-order valence-corrected chi connectivity index (χ2v) is 4.38. The summed E-state index contributed by atoms with van der Waals surface area (Å²) in [5.74, 6) is 1.24. The Kier molecular flexibility index (Phi) is 3.97. The Morgan fingerprint density at radius 3 is 2.88 bits per heavy atom. The summed E-state index contributed by atoms with van der Waals surface area (Å²) in [6, 6.07) is 7.90. The maximum atomic E-state index is 11.7. The van der Waals surface area contributed by atoms with Crippen molar-refractivity contribution in [2.75, 3.05) is 6.61 Å². The van der Waals surface area contributed by atoms with E-state index in [1.54, 1.807) is 0 Å². The van der Waals surface area contributed by atoms with Gasteiger partial charge in [0.05, 0.1) is 6.61 Å². The van der Waals surface area contributed by atoms with Crippen molar-refractivity contribution < 1.29 is 9.53 Å². The first-order valence-corrected chi connectivity index (χ1v) is 6.08. The number of rotatable bonds is 0. The lowest BCUT2D eigenvalue weighted by molar-refractivity contribution is -0.118. The molecule has 0 spiro atoms. The molecule has 16 heavy (non-hydrogen) atoms. The molecule has 0 fully saturated rings. The van der Waals surface area contributed by atoms with E-state index in [4.69, 9.17) is 4.74 Å². The van der Waals surface area contributed by atoms with Gasteiger partial charge in [0.1, 0.15) is 11.5 Å². The SMILES string of the molecule is O=C1CCCCCCOc2cccc(c2)C1. The summed E-state index contributed by atoms with van der Waals surface area (Å²) in [6.07, 6.45) is 5.69. The van der Waals surface area contributed by atoms with Gasteiger partial charge in [0.25, 0.3) is 0 Å². The summed E-state index contributed by atoms with van der Waals surface area (Å²) in [5.41, 5.74) is 1.07. The third kappa shape index (κ3) is 3.37. The summed E-state index contributed by atoms with van der Waals surface area (Å²) in [4.78, 5) is 11.7. The van der Waals surface area contributed by atoms with Crippen LogP contribution >= 0.6 is 0 Å². The van der Waals surface area contributed by atoms with Crippen molar-refractivity contribution in [2.24, 2.45) is 0 Å². The number of carbonyl (C=O) groups excluding carboxylic acids is 1. The van der Waals surface area contributed by atoms with Gasteiger partial charge in [-0.1, -0.05) is 25.0 Å². The Morgan fingerprint density at radius 1 is 1.06 bits per heavy atom. The zero-order valence-electron chi connectivity index (χ0n) is 9.58. The lowest BCUT2D eigenvalue weighted by Gasteiger charge is -2.09. The number of Topliss-reactive ketones (excluding diaryl/α,β-unsaturated/α-hetero) is 1.